The van der Waals surface area contributed by atoms with Gasteiger partial charge in [0.15, 0.2) is 5.60 Å². The zero-order valence-electron chi connectivity index (χ0n) is 9.37. The maximum Gasteiger partial charge on any atom is 0.270 e. The second kappa shape index (κ2) is 3.28. The molecule has 1 amide bonds. The number of likely N-dealkylation sites (N-methyl/N-ethyl adjacent to an activating group) is 1. The van der Waals surface area contributed by atoms with Gasteiger partial charge in [-0.1, -0.05) is 11.6 Å². The van der Waals surface area contributed by atoms with Gasteiger partial charge in [0.1, 0.15) is 5.75 Å². The molecule has 1 aliphatic heterocycles. The Morgan fingerprint density at radius 3 is 2.69 bits per heavy atom. The highest BCUT2D eigenvalue weighted by Gasteiger charge is 2.39. The Labute approximate surface area is 98.9 Å². The van der Waals surface area contributed by atoms with Crippen molar-refractivity contribution >= 4 is 28.9 Å². The van der Waals surface area contributed by atoms with Gasteiger partial charge in [0, 0.05) is 13.1 Å². The van der Waals surface area contributed by atoms with E-state index in [1.165, 1.54) is 4.90 Å². The number of carbonyl (C=O) groups excluding carboxylic acids is 1. The van der Waals surface area contributed by atoms with Gasteiger partial charge in [0.05, 0.1) is 16.4 Å². The van der Waals surface area contributed by atoms with Crippen LogP contribution in [0.3, 0.4) is 0 Å². The quantitative estimate of drug-likeness (QED) is 0.707. The van der Waals surface area contributed by atoms with E-state index in [2.05, 4.69) is 0 Å². The van der Waals surface area contributed by atoms with Crippen molar-refractivity contribution in [2.45, 2.75) is 19.4 Å². The van der Waals surface area contributed by atoms with E-state index in [0.717, 1.165) is 0 Å². The Balaban J connectivity index is 2.60. The molecule has 0 aliphatic carbocycles. The van der Waals surface area contributed by atoms with Crippen LogP contribution in [0.1, 0.15) is 13.8 Å². The van der Waals surface area contributed by atoms with Gasteiger partial charge in [-0.05, 0) is 19.9 Å². The summed E-state index contributed by atoms with van der Waals surface area (Å²) in [5.41, 5.74) is 5.91. The number of halogens is 1. The molecule has 0 saturated carbocycles. The monoisotopic (exact) mass is 240 g/mol. The summed E-state index contributed by atoms with van der Waals surface area (Å²) in [6, 6.07) is 3.28. The molecule has 0 saturated heterocycles. The lowest BCUT2D eigenvalue weighted by Gasteiger charge is -2.37. The molecule has 1 aliphatic rings. The van der Waals surface area contributed by atoms with Crippen LogP contribution >= 0.6 is 11.6 Å². The van der Waals surface area contributed by atoms with E-state index >= 15 is 0 Å². The van der Waals surface area contributed by atoms with E-state index in [4.69, 9.17) is 22.1 Å². The van der Waals surface area contributed by atoms with Crippen LogP contribution in [0.15, 0.2) is 12.1 Å². The third-order valence-corrected chi connectivity index (χ3v) is 2.95. The molecule has 5 heteroatoms. The maximum atomic E-state index is 11.9. The molecule has 1 heterocycles. The topological polar surface area (TPSA) is 55.6 Å². The second-order valence-electron chi connectivity index (χ2n) is 4.32. The first-order chi connectivity index (χ1) is 7.33. The van der Waals surface area contributed by atoms with Gasteiger partial charge >= 0.3 is 0 Å². The highest BCUT2D eigenvalue weighted by atomic mass is 35.5. The molecule has 0 bridgehead atoms. The van der Waals surface area contributed by atoms with E-state index in [9.17, 15) is 4.79 Å². The first-order valence-corrected chi connectivity index (χ1v) is 5.27. The van der Waals surface area contributed by atoms with Crippen LogP contribution < -0.4 is 15.4 Å². The van der Waals surface area contributed by atoms with Gasteiger partial charge in [-0.3, -0.25) is 4.79 Å². The number of ether oxygens (including phenoxy) is 1. The Morgan fingerprint density at radius 1 is 1.44 bits per heavy atom. The van der Waals surface area contributed by atoms with Gasteiger partial charge in [0.2, 0.25) is 0 Å². The standard InChI is InChI=1S/C11H13ClN2O2/c1-11(2)10(15)14(3)8-4-6(12)7(13)5-9(8)16-11/h4-5H,13H2,1-3H3. The molecule has 4 nitrogen and oxygen atoms in total. The van der Waals surface area contributed by atoms with E-state index in [1.54, 1.807) is 33.0 Å². The number of carbonyl (C=O) groups is 1. The molecule has 2 rings (SSSR count). The molecular formula is C11H13ClN2O2. The fraction of sp³-hybridized carbons (Fsp3) is 0.364. The van der Waals surface area contributed by atoms with Crippen molar-refractivity contribution in [2.24, 2.45) is 0 Å². The molecule has 2 N–H and O–H groups in total. The van der Waals surface area contributed by atoms with Crippen molar-refractivity contribution in [2.75, 3.05) is 17.7 Å². The molecule has 0 atom stereocenters. The number of amides is 1. The van der Waals surface area contributed by atoms with Crippen LogP contribution in [0.25, 0.3) is 0 Å². The fourth-order valence-corrected chi connectivity index (χ4v) is 1.89. The van der Waals surface area contributed by atoms with Gasteiger partial charge in [0.25, 0.3) is 5.91 Å². The molecule has 16 heavy (non-hydrogen) atoms. The molecule has 1 aromatic rings. The van der Waals surface area contributed by atoms with Crippen LogP contribution in [0, 0.1) is 0 Å². The van der Waals surface area contributed by atoms with Crippen molar-refractivity contribution < 1.29 is 9.53 Å². The minimum Gasteiger partial charge on any atom is -0.476 e. The maximum absolute atomic E-state index is 11.9. The van der Waals surface area contributed by atoms with Gasteiger partial charge in [-0.25, -0.2) is 0 Å². The summed E-state index contributed by atoms with van der Waals surface area (Å²) < 4.78 is 5.61. The third kappa shape index (κ3) is 1.50. The van der Waals surface area contributed by atoms with Crippen molar-refractivity contribution in [3.05, 3.63) is 17.2 Å². The Morgan fingerprint density at radius 2 is 2.06 bits per heavy atom. The highest BCUT2D eigenvalue weighted by Crippen LogP contribution is 2.40. The largest absolute Gasteiger partial charge is 0.476 e. The lowest BCUT2D eigenvalue weighted by molar-refractivity contribution is -0.132. The number of rotatable bonds is 0. The zero-order valence-corrected chi connectivity index (χ0v) is 10.1. The lowest BCUT2D eigenvalue weighted by atomic mass is 10.0. The average Bonchev–Trinajstić information content (AvgIpc) is 2.18. The van der Waals surface area contributed by atoms with E-state index in [0.29, 0.717) is 22.1 Å². The van der Waals surface area contributed by atoms with Crippen LogP contribution in [0.4, 0.5) is 11.4 Å². The first kappa shape index (κ1) is 11.1. The Kier molecular flexibility index (Phi) is 2.27. The van der Waals surface area contributed by atoms with Crippen molar-refractivity contribution in [1.82, 2.24) is 0 Å². The van der Waals surface area contributed by atoms with Crippen molar-refractivity contribution in [3.63, 3.8) is 0 Å². The van der Waals surface area contributed by atoms with E-state index in [1.807, 2.05) is 0 Å². The summed E-state index contributed by atoms with van der Waals surface area (Å²) in [6.45, 7) is 3.44. The number of nitrogens with two attached hydrogens (primary N) is 1. The smallest absolute Gasteiger partial charge is 0.270 e. The third-order valence-electron chi connectivity index (χ3n) is 2.62. The average molecular weight is 241 g/mol. The molecule has 0 unspecified atom stereocenters. The molecular weight excluding hydrogens is 228 g/mol. The molecule has 1 aromatic carbocycles. The summed E-state index contributed by atoms with van der Waals surface area (Å²) in [4.78, 5) is 13.5. The molecule has 0 radical (unpaired) electrons. The fourth-order valence-electron chi connectivity index (χ4n) is 1.73. The van der Waals surface area contributed by atoms with E-state index < -0.39 is 5.60 Å². The minimum absolute atomic E-state index is 0.110. The predicted octanol–water partition coefficient (Wildman–Crippen LogP) is 2.06. The van der Waals surface area contributed by atoms with Crippen LogP contribution in [-0.4, -0.2) is 18.6 Å². The molecule has 0 aromatic heterocycles. The predicted molar refractivity (Wildman–Crippen MR) is 64.0 cm³/mol. The molecule has 0 fully saturated rings. The van der Waals surface area contributed by atoms with Crippen LogP contribution in [0.2, 0.25) is 5.02 Å². The number of benzene rings is 1. The minimum atomic E-state index is -0.873. The van der Waals surface area contributed by atoms with Gasteiger partial charge in [-0.15, -0.1) is 0 Å². The molecule has 86 valence electrons. The highest BCUT2D eigenvalue weighted by molar-refractivity contribution is 6.33. The van der Waals surface area contributed by atoms with Gasteiger partial charge < -0.3 is 15.4 Å². The van der Waals surface area contributed by atoms with Crippen molar-refractivity contribution in [1.29, 1.82) is 0 Å². The summed E-state index contributed by atoms with van der Waals surface area (Å²) in [7, 11) is 1.69. The number of fused-ring (bicyclic) bond motifs is 1. The summed E-state index contributed by atoms with van der Waals surface area (Å²) in [5.74, 6) is 0.467. The van der Waals surface area contributed by atoms with Crippen LogP contribution in [-0.2, 0) is 4.79 Å². The SMILES string of the molecule is CN1C(=O)C(C)(C)Oc2cc(N)c(Cl)cc21. The number of nitrogen functional groups attached to an aromatic ring is 1. The number of hydrogen-bond acceptors (Lipinski definition) is 3. The zero-order chi connectivity index (χ0) is 12.1. The summed E-state index contributed by atoms with van der Waals surface area (Å²) >= 11 is 5.91. The van der Waals surface area contributed by atoms with Crippen LogP contribution in [0.5, 0.6) is 5.75 Å². The number of hydrogen-bond donors (Lipinski definition) is 1. The Bertz CT molecular complexity index is 471. The Hall–Kier alpha value is -1.42. The summed E-state index contributed by atoms with van der Waals surface area (Å²) in [6.07, 6.45) is 0. The van der Waals surface area contributed by atoms with Gasteiger partial charge in [-0.2, -0.15) is 0 Å². The first-order valence-electron chi connectivity index (χ1n) is 4.89. The van der Waals surface area contributed by atoms with Crippen molar-refractivity contribution in [3.8, 4) is 5.75 Å². The van der Waals surface area contributed by atoms with E-state index in [-0.39, 0.29) is 5.91 Å². The normalized spacial score (nSPS) is 18.0. The number of anilines is 2. The number of nitrogens with zero attached hydrogens (tertiary/aromatic N) is 1. The molecule has 0 spiro atoms. The lowest BCUT2D eigenvalue weighted by Crippen LogP contribution is -2.50. The second-order valence-corrected chi connectivity index (χ2v) is 4.73. The summed E-state index contributed by atoms with van der Waals surface area (Å²) in [5, 5.41) is 0.418.